The summed E-state index contributed by atoms with van der Waals surface area (Å²) in [4.78, 5) is 31.0. The maximum atomic E-state index is 12.7. The Bertz CT molecular complexity index is 1080. The molecule has 2 N–H and O–H groups in total. The fourth-order valence-corrected chi connectivity index (χ4v) is 3.91. The smallest absolute Gasteiger partial charge is 0.255 e. The number of carbonyl (C=O) groups excluding carboxylic acids is 1. The van der Waals surface area contributed by atoms with E-state index in [1.54, 1.807) is 36.1 Å². The number of amides is 1. The molecule has 29 heavy (non-hydrogen) atoms. The maximum absolute atomic E-state index is 12.7. The van der Waals surface area contributed by atoms with Crippen molar-refractivity contribution >= 4 is 16.8 Å². The van der Waals surface area contributed by atoms with Gasteiger partial charge in [0.25, 0.3) is 11.5 Å². The summed E-state index contributed by atoms with van der Waals surface area (Å²) in [7, 11) is 1.78. The zero-order chi connectivity index (χ0) is 20.4. The summed E-state index contributed by atoms with van der Waals surface area (Å²) in [5, 5.41) is 14.5. The van der Waals surface area contributed by atoms with Gasteiger partial charge in [0.05, 0.1) is 17.7 Å². The third kappa shape index (κ3) is 4.06. The number of rotatable bonds is 4. The number of nitrogens with zero attached hydrogens (tertiary/aromatic N) is 3. The van der Waals surface area contributed by atoms with E-state index in [0.29, 0.717) is 37.2 Å². The number of nitrogens with one attached hydrogen (secondary N) is 1. The van der Waals surface area contributed by atoms with Crippen LogP contribution < -0.4 is 10.9 Å². The lowest BCUT2D eigenvalue weighted by atomic mass is 10.0. The summed E-state index contributed by atoms with van der Waals surface area (Å²) in [6.07, 6.45) is 3.06. The van der Waals surface area contributed by atoms with Gasteiger partial charge in [0.15, 0.2) is 0 Å². The van der Waals surface area contributed by atoms with Crippen molar-refractivity contribution in [3.63, 3.8) is 0 Å². The molecule has 7 nitrogen and oxygen atoms in total. The van der Waals surface area contributed by atoms with Gasteiger partial charge in [0.1, 0.15) is 0 Å². The average molecular weight is 392 g/mol. The third-order valence-electron chi connectivity index (χ3n) is 5.53. The van der Waals surface area contributed by atoms with Gasteiger partial charge in [0.2, 0.25) is 0 Å². The lowest BCUT2D eigenvalue weighted by molar-refractivity contribution is 0.0348. The molecular formula is C22H24N4O3. The van der Waals surface area contributed by atoms with Crippen LogP contribution in [0.4, 0.5) is 0 Å². The fourth-order valence-electron chi connectivity index (χ4n) is 3.91. The number of aromatic nitrogens is 2. The first-order valence-electron chi connectivity index (χ1n) is 9.72. The number of aliphatic hydroxyl groups is 1. The van der Waals surface area contributed by atoms with E-state index in [1.165, 1.54) is 0 Å². The number of β-amino-alcohol motifs (C(OH)–C–C–N with tert-alkyl or cyclic N) is 1. The standard InChI is InChI=1S/C22H24N4O3/c1-25-19-5-3-2-4-16(19)12-17(22(25)29)13-26-11-8-18(20(27)14-26)24-21(28)15-6-9-23-10-7-15/h2-7,9-10,12,18,20,27H,8,11,13-14H2,1H3,(H,24,28)/t18-,20-/m1/s1. The van der Waals surface area contributed by atoms with E-state index in [4.69, 9.17) is 0 Å². The molecule has 0 bridgehead atoms. The van der Waals surface area contributed by atoms with Crippen LogP contribution in [0.2, 0.25) is 0 Å². The highest BCUT2D eigenvalue weighted by Gasteiger charge is 2.29. The number of likely N-dealkylation sites (tertiary alicyclic amines) is 1. The second kappa shape index (κ2) is 8.14. The Labute approximate surface area is 168 Å². The Balaban J connectivity index is 1.43. The van der Waals surface area contributed by atoms with Gasteiger partial charge >= 0.3 is 0 Å². The minimum atomic E-state index is -0.696. The number of benzene rings is 1. The Morgan fingerprint density at radius 3 is 2.76 bits per heavy atom. The normalized spacial score (nSPS) is 19.9. The summed E-state index contributed by atoms with van der Waals surface area (Å²) in [5.74, 6) is -0.215. The molecule has 0 radical (unpaired) electrons. The fraction of sp³-hybridized carbons (Fsp3) is 0.318. The van der Waals surface area contributed by atoms with E-state index in [9.17, 15) is 14.7 Å². The van der Waals surface area contributed by atoms with E-state index >= 15 is 0 Å². The van der Waals surface area contributed by atoms with Crippen LogP contribution in [0.3, 0.4) is 0 Å². The molecule has 1 aliphatic heterocycles. The number of piperidine rings is 1. The first-order chi connectivity index (χ1) is 14.0. The van der Waals surface area contributed by atoms with Crippen molar-refractivity contribution in [2.45, 2.75) is 25.1 Å². The van der Waals surface area contributed by atoms with Crippen LogP contribution in [0.1, 0.15) is 22.3 Å². The van der Waals surface area contributed by atoms with Crippen LogP contribution >= 0.6 is 0 Å². The third-order valence-corrected chi connectivity index (χ3v) is 5.53. The Morgan fingerprint density at radius 1 is 1.24 bits per heavy atom. The van der Waals surface area contributed by atoms with Gasteiger partial charge in [-0.15, -0.1) is 0 Å². The van der Waals surface area contributed by atoms with Gasteiger partial charge in [0, 0.05) is 50.2 Å². The summed E-state index contributed by atoms with van der Waals surface area (Å²) >= 11 is 0. The molecule has 7 heteroatoms. The maximum Gasteiger partial charge on any atom is 0.255 e. The highest BCUT2D eigenvalue weighted by atomic mass is 16.3. The predicted molar refractivity (Wildman–Crippen MR) is 111 cm³/mol. The molecule has 0 aliphatic carbocycles. The first-order valence-corrected chi connectivity index (χ1v) is 9.72. The SMILES string of the molecule is Cn1c(=O)c(CN2CC[C@@H](NC(=O)c3ccncc3)[C@H](O)C2)cc2ccccc21. The number of hydrogen-bond acceptors (Lipinski definition) is 5. The minimum absolute atomic E-state index is 0.0219. The highest BCUT2D eigenvalue weighted by molar-refractivity contribution is 5.94. The van der Waals surface area contributed by atoms with Crippen molar-refractivity contribution in [2.75, 3.05) is 13.1 Å². The van der Waals surface area contributed by atoms with E-state index in [1.807, 2.05) is 30.3 Å². The molecule has 1 amide bonds. The van der Waals surface area contributed by atoms with Gasteiger partial charge in [-0.1, -0.05) is 18.2 Å². The quantitative estimate of drug-likeness (QED) is 0.699. The Kier molecular flexibility index (Phi) is 5.42. The van der Waals surface area contributed by atoms with Crippen molar-refractivity contribution in [3.8, 4) is 0 Å². The number of para-hydroxylation sites is 1. The van der Waals surface area contributed by atoms with Crippen molar-refractivity contribution in [2.24, 2.45) is 7.05 Å². The lowest BCUT2D eigenvalue weighted by Crippen LogP contribution is -2.54. The Morgan fingerprint density at radius 2 is 2.00 bits per heavy atom. The van der Waals surface area contributed by atoms with Crippen LogP contribution in [0.15, 0.2) is 59.7 Å². The average Bonchev–Trinajstić information content (AvgIpc) is 2.74. The van der Waals surface area contributed by atoms with Gasteiger partial charge in [-0.2, -0.15) is 0 Å². The summed E-state index contributed by atoms with van der Waals surface area (Å²) < 4.78 is 1.67. The molecular weight excluding hydrogens is 368 g/mol. The van der Waals surface area contributed by atoms with E-state index in [0.717, 1.165) is 10.9 Å². The van der Waals surface area contributed by atoms with Crippen LogP contribution in [0, 0.1) is 0 Å². The summed E-state index contributed by atoms with van der Waals surface area (Å²) in [5.41, 5.74) is 2.11. The summed E-state index contributed by atoms with van der Waals surface area (Å²) in [6, 6.07) is 12.7. The monoisotopic (exact) mass is 392 g/mol. The molecule has 1 saturated heterocycles. The van der Waals surface area contributed by atoms with Crippen molar-refractivity contribution < 1.29 is 9.90 Å². The second-order valence-electron chi connectivity index (χ2n) is 7.50. The number of aryl methyl sites for hydroxylation is 1. The van der Waals surface area contributed by atoms with Crippen LogP contribution in [0.5, 0.6) is 0 Å². The molecule has 1 aliphatic rings. The number of aliphatic hydroxyl groups excluding tert-OH is 1. The van der Waals surface area contributed by atoms with E-state index in [-0.39, 0.29) is 17.5 Å². The number of hydrogen-bond donors (Lipinski definition) is 2. The van der Waals surface area contributed by atoms with Gasteiger partial charge in [-0.25, -0.2) is 0 Å². The predicted octanol–water partition coefficient (Wildman–Crippen LogP) is 1.30. The van der Waals surface area contributed by atoms with Crippen molar-refractivity contribution in [1.29, 1.82) is 0 Å². The summed E-state index contributed by atoms with van der Waals surface area (Å²) in [6.45, 7) is 1.56. The highest BCUT2D eigenvalue weighted by Crippen LogP contribution is 2.17. The minimum Gasteiger partial charge on any atom is -0.390 e. The van der Waals surface area contributed by atoms with Crippen molar-refractivity contribution in [1.82, 2.24) is 19.8 Å². The van der Waals surface area contributed by atoms with E-state index < -0.39 is 6.10 Å². The molecule has 150 valence electrons. The van der Waals surface area contributed by atoms with Crippen LogP contribution in [-0.4, -0.2) is 50.7 Å². The number of fused-ring (bicyclic) bond motifs is 1. The molecule has 2 atom stereocenters. The molecule has 0 unspecified atom stereocenters. The largest absolute Gasteiger partial charge is 0.390 e. The topological polar surface area (TPSA) is 87.5 Å². The molecule has 0 spiro atoms. The molecule has 2 aromatic heterocycles. The van der Waals surface area contributed by atoms with Crippen molar-refractivity contribution in [3.05, 3.63) is 76.3 Å². The van der Waals surface area contributed by atoms with Crippen LogP contribution in [0.25, 0.3) is 10.9 Å². The Hall–Kier alpha value is -3.03. The zero-order valence-electron chi connectivity index (χ0n) is 16.3. The molecule has 4 rings (SSSR count). The molecule has 3 heterocycles. The molecule has 3 aromatic rings. The molecule has 0 saturated carbocycles. The number of carbonyl (C=O) groups is 1. The molecule has 1 aromatic carbocycles. The lowest BCUT2D eigenvalue weighted by Gasteiger charge is -2.36. The zero-order valence-corrected chi connectivity index (χ0v) is 16.3. The van der Waals surface area contributed by atoms with Crippen LogP contribution in [-0.2, 0) is 13.6 Å². The second-order valence-corrected chi connectivity index (χ2v) is 7.50. The van der Waals surface area contributed by atoms with Gasteiger partial charge < -0.3 is 15.0 Å². The first kappa shape index (κ1) is 19.3. The number of pyridine rings is 2. The van der Waals surface area contributed by atoms with Gasteiger partial charge in [-0.3, -0.25) is 19.5 Å². The molecule has 1 fully saturated rings. The van der Waals surface area contributed by atoms with Gasteiger partial charge in [-0.05, 0) is 36.1 Å². The van der Waals surface area contributed by atoms with E-state index in [2.05, 4.69) is 15.2 Å².